The van der Waals surface area contributed by atoms with E-state index >= 15 is 0 Å². The molecule has 1 N–H and O–H groups in total. The van der Waals surface area contributed by atoms with E-state index in [1.807, 2.05) is 6.07 Å². The number of nitrogens with one attached hydrogen (secondary N) is 1. The van der Waals surface area contributed by atoms with E-state index in [1.54, 1.807) is 12.3 Å². The summed E-state index contributed by atoms with van der Waals surface area (Å²) in [5.41, 5.74) is 1.13. The first kappa shape index (κ1) is 13.2. The highest BCUT2D eigenvalue weighted by atomic mass is 32.1. The summed E-state index contributed by atoms with van der Waals surface area (Å²) in [4.78, 5) is 36.6. The third-order valence-corrected chi connectivity index (χ3v) is 3.95. The Morgan fingerprint density at radius 2 is 2.26 bits per heavy atom. The van der Waals surface area contributed by atoms with Gasteiger partial charge in [-0.2, -0.15) is 5.26 Å². The molecule has 2 heterocycles. The van der Waals surface area contributed by atoms with E-state index in [0.717, 1.165) is 0 Å². The van der Waals surface area contributed by atoms with Gasteiger partial charge in [0.15, 0.2) is 0 Å². The van der Waals surface area contributed by atoms with E-state index in [1.165, 1.54) is 23.2 Å². The minimum Gasteiger partial charge on any atom is -0.322 e. The SMILES string of the molecule is CC(=O)NC(=O)C(C)N1Cc2c(C#N)csc2C1=O. The second-order valence-electron chi connectivity index (χ2n) is 4.22. The Balaban J connectivity index is 2.20. The van der Waals surface area contributed by atoms with Crippen LogP contribution in [-0.2, 0) is 16.1 Å². The Morgan fingerprint density at radius 3 is 2.84 bits per heavy atom. The summed E-state index contributed by atoms with van der Waals surface area (Å²) in [5, 5.41) is 12.7. The number of nitrogens with zero attached hydrogens (tertiary/aromatic N) is 2. The number of rotatable bonds is 2. The molecule has 0 aliphatic carbocycles. The summed E-state index contributed by atoms with van der Waals surface area (Å²) < 4.78 is 0. The van der Waals surface area contributed by atoms with Crippen LogP contribution in [0.25, 0.3) is 0 Å². The molecule has 19 heavy (non-hydrogen) atoms. The van der Waals surface area contributed by atoms with Crippen LogP contribution in [0.15, 0.2) is 5.38 Å². The summed E-state index contributed by atoms with van der Waals surface area (Å²) in [6.45, 7) is 3.02. The van der Waals surface area contributed by atoms with E-state index in [9.17, 15) is 14.4 Å². The quantitative estimate of drug-likeness (QED) is 0.858. The predicted octanol–water partition coefficient (Wildman–Crippen LogP) is 0.627. The van der Waals surface area contributed by atoms with Crippen molar-refractivity contribution in [3.05, 3.63) is 21.4 Å². The molecule has 0 radical (unpaired) electrons. The molecule has 3 amide bonds. The molecule has 0 spiro atoms. The van der Waals surface area contributed by atoms with Crippen LogP contribution in [-0.4, -0.2) is 28.7 Å². The van der Waals surface area contributed by atoms with Crippen LogP contribution in [0.1, 0.15) is 34.6 Å². The molecule has 6 nitrogen and oxygen atoms in total. The molecule has 2 rings (SSSR count). The fraction of sp³-hybridized carbons (Fsp3) is 0.333. The summed E-state index contributed by atoms with van der Waals surface area (Å²) in [6.07, 6.45) is 0. The standard InChI is InChI=1S/C12H11N3O3S/c1-6(11(17)14-7(2)16)15-4-9-8(3-13)5-19-10(9)12(15)18/h5-6H,4H2,1-2H3,(H,14,16,17). The summed E-state index contributed by atoms with van der Waals surface area (Å²) in [7, 11) is 0. The number of imide groups is 1. The van der Waals surface area contributed by atoms with Gasteiger partial charge in [0, 0.05) is 24.4 Å². The minimum absolute atomic E-state index is 0.229. The zero-order chi connectivity index (χ0) is 14.2. The molecular formula is C12H11N3O3S. The maximum atomic E-state index is 12.1. The number of carbonyl (C=O) groups is 3. The summed E-state index contributed by atoms with van der Waals surface area (Å²) in [5.74, 6) is -1.25. The number of carbonyl (C=O) groups excluding carboxylic acids is 3. The molecule has 98 valence electrons. The Kier molecular flexibility index (Phi) is 3.36. The maximum Gasteiger partial charge on any atom is 0.265 e. The molecule has 1 aliphatic rings. The normalized spacial score (nSPS) is 14.8. The van der Waals surface area contributed by atoms with Gasteiger partial charge in [-0.1, -0.05) is 0 Å². The van der Waals surface area contributed by atoms with Gasteiger partial charge in [-0.05, 0) is 6.92 Å². The highest BCUT2D eigenvalue weighted by molar-refractivity contribution is 7.12. The van der Waals surface area contributed by atoms with Crippen molar-refractivity contribution in [2.75, 3.05) is 0 Å². The number of nitriles is 1. The first-order chi connectivity index (χ1) is 8.95. The largest absolute Gasteiger partial charge is 0.322 e. The van der Waals surface area contributed by atoms with E-state index < -0.39 is 17.9 Å². The maximum absolute atomic E-state index is 12.1. The molecular weight excluding hydrogens is 266 g/mol. The average Bonchev–Trinajstić information content (AvgIpc) is 2.88. The number of amides is 3. The van der Waals surface area contributed by atoms with E-state index in [0.29, 0.717) is 16.0 Å². The van der Waals surface area contributed by atoms with Crippen LogP contribution in [0.3, 0.4) is 0 Å². The molecule has 0 aromatic carbocycles. The van der Waals surface area contributed by atoms with Gasteiger partial charge in [0.05, 0.1) is 10.4 Å². The zero-order valence-electron chi connectivity index (χ0n) is 10.4. The molecule has 1 aromatic heterocycles. The summed E-state index contributed by atoms with van der Waals surface area (Å²) >= 11 is 1.21. The van der Waals surface area contributed by atoms with Gasteiger partial charge in [0.1, 0.15) is 12.1 Å². The van der Waals surface area contributed by atoms with Crippen molar-refractivity contribution in [2.45, 2.75) is 26.4 Å². The first-order valence-corrected chi connectivity index (χ1v) is 6.46. The van der Waals surface area contributed by atoms with Gasteiger partial charge in [-0.25, -0.2) is 0 Å². The third-order valence-electron chi connectivity index (χ3n) is 2.94. The van der Waals surface area contributed by atoms with Crippen molar-refractivity contribution in [1.29, 1.82) is 5.26 Å². The minimum atomic E-state index is -0.748. The Labute approximate surface area is 113 Å². The molecule has 0 fully saturated rings. The van der Waals surface area contributed by atoms with Gasteiger partial charge in [0.25, 0.3) is 5.91 Å². The van der Waals surface area contributed by atoms with Gasteiger partial charge in [-0.3, -0.25) is 19.7 Å². The fourth-order valence-electron chi connectivity index (χ4n) is 1.92. The van der Waals surface area contributed by atoms with Crippen molar-refractivity contribution >= 4 is 29.1 Å². The zero-order valence-corrected chi connectivity index (χ0v) is 11.2. The highest BCUT2D eigenvalue weighted by Gasteiger charge is 2.36. The molecule has 7 heteroatoms. The third kappa shape index (κ3) is 2.22. The number of hydrogen-bond acceptors (Lipinski definition) is 5. The van der Waals surface area contributed by atoms with Gasteiger partial charge >= 0.3 is 0 Å². The number of thiophene rings is 1. The van der Waals surface area contributed by atoms with Crippen molar-refractivity contribution in [3.63, 3.8) is 0 Å². The second kappa shape index (κ2) is 4.82. The molecule has 1 unspecified atom stereocenters. The van der Waals surface area contributed by atoms with Gasteiger partial charge in [0.2, 0.25) is 11.8 Å². The van der Waals surface area contributed by atoms with Crippen LogP contribution in [0.2, 0.25) is 0 Å². The van der Waals surface area contributed by atoms with E-state index in [-0.39, 0.29) is 12.5 Å². The molecule has 0 saturated heterocycles. The predicted molar refractivity (Wildman–Crippen MR) is 67.2 cm³/mol. The van der Waals surface area contributed by atoms with Crippen LogP contribution < -0.4 is 5.32 Å². The van der Waals surface area contributed by atoms with Gasteiger partial charge in [-0.15, -0.1) is 11.3 Å². The lowest BCUT2D eigenvalue weighted by atomic mass is 10.2. The van der Waals surface area contributed by atoms with Crippen LogP contribution in [0, 0.1) is 11.3 Å². The number of fused-ring (bicyclic) bond motifs is 1. The highest BCUT2D eigenvalue weighted by Crippen LogP contribution is 2.32. The van der Waals surface area contributed by atoms with Crippen molar-refractivity contribution < 1.29 is 14.4 Å². The second-order valence-corrected chi connectivity index (χ2v) is 5.10. The van der Waals surface area contributed by atoms with Crippen molar-refractivity contribution in [1.82, 2.24) is 10.2 Å². The topological polar surface area (TPSA) is 90.3 Å². The Morgan fingerprint density at radius 1 is 1.58 bits per heavy atom. The van der Waals surface area contributed by atoms with Crippen molar-refractivity contribution in [3.8, 4) is 6.07 Å². The van der Waals surface area contributed by atoms with Crippen LogP contribution in [0.4, 0.5) is 0 Å². The Bertz CT molecular complexity index is 614. The molecule has 0 bridgehead atoms. The van der Waals surface area contributed by atoms with E-state index in [4.69, 9.17) is 5.26 Å². The fourth-order valence-corrected chi connectivity index (χ4v) is 2.88. The lowest BCUT2D eigenvalue weighted by Gasteiger charge is -2.22. The molecule has 1 aromatic rings. The van der Waals surface area contributed by atoms with Gasteiger partial charge < -0.3 is 4.90 Å². The van der Waals surface area contributed by atoms with Crippen LogP contribution >= 0.6 is 11.3 Å². The summed E-state index contributed by atoms with van der Waals surface area (Å²) in [6, 6.07) is 1.28. The number of hydrogen-bond donors (Lipinski definition) is 1. The van der Waals surface area contributed by atoms with Crippen LogP contribution in [0.5, 0.6) is 0 Å². The molecule has 1 aliphatic heterocycles. The lowest BCUT2D eigenvalue weighted by Crippen LogP contribution is -2.46. The monoisotopic (exact) mass is 277 g/mol. The van der Waals surface area contributed by atoms with Crippen molar-refractivity contribution in [2.24, 2.45) is 0 Å². The Hall–Kier alpha value is -2.20. The molecule has 0 saturated carbocycles. The lowest BCUT2D eigenvalue weighted by molar-refractivity contribution is -0.131. The smallest absolute Gasteiger partial charge is 0.265 e. The molecule has 1 atom stereocenters. The average molecular weight is 277 g/mol. The first-order valence-electron chi connectivity index (χ1n) is 5.58. The van der Waals surface area contributed by atoms with E-state index in [2.05, 4.69) is 5.32 Å².